The lowest BCUT2D eigenvalue weighted by Gasteiger charge is -2.04. The minimum atomic E-state index is -0.363. The molecule has 0 heterocycles. The monoisotopic (exact) mass is 262 g/mol. The zero-order valence-corrected chi connectivity index (χ0v) is 10.5. The molecule has 0 aliphatic carbocycles. The molecule has 0 N–H and O–H groups in total. The first-order valence-corrected chi connectivity index (χ1v) is 6.07. The van der Waals surface area contributed by atoms with E-state index in [1.165, 1.54) is 12.1 Å². The molecule has 0 atom stereocenters. The molecule has 2 aromatic rings. The van der Waals surface area contributed by atoms with E-state index in [4.69, 9.17) is 11.6 Å². The van der Waals surface area contributed by atoms with Crippen LogP contribution in [0.15, 0.2) is 48.5 Å². The number of ketones is 1. The van der Waals surface area contributed by atoms with Crippen LogP contribution in [0.2, 0.25) is 5.02 Å². The van der Waals surface area contributed by atoms with E-state index in [2.05, 4.69) is 0 Å². The van der Waals surface area contributed by atoms with Crippen LogP contribution in [-0.4, -0.2) is 5.78 Å². The number of Topliss-reactive ketones (excluding diaryl/α,β-unsaturated/α-hetero) is 1. The molecule has 0 radical (unpaired) electrons. The van der Waals surface area contributed by atoms with Crippen molar-refractivity contribution >= 4 is 17.4 Å². The summed E-state index contributed by atoms with van der Waals surface area (Å²) in [7, 11) is 0. The number of carbonyl (C=O) groups is 1. The molecule has 2 aromatic carbocycles. The van der Waals surface area contributed by atoms with Gasteiger partial charge in [-0.15, -0.1) is 0 Å². The average Bonchev–Trinajstić information content (AvgIpc) is 2.38. The Hall–Kier alpha value is -1.67. The number of halogens is 2. The highest BCUT2D eigenvalue weighted by molar-refractivity contribution is 6.31. The Kier molecular flexibility index (Phi) is 4.11. The third-order valence-corrected chi connectivity index (χ3v) is 3.08. The summed E-state index contributed by atoms with van der Waals surface area (Å²) >= 11 is 5.91. The SMILES string of the molecule is O=C(CCc1ccc(F)cc1Cl)c1ccccc1. The standard InChI is InChI=1S/C15H12ClFO/c16-14-10-13(17)8-6-11(14)7-9-15(18)12-4-2-1-3-5-12/h1-6,8,10H,7,9H2. The molecule has 0 aromatic heterocycles. The number of rotatable bonds is 4. The minimum Gasteiger partial charge on any atom is -0.294 e. The van der Waals surface area contributed by atoms with Crippen LogP contribution in [0.25, 0.3) is 0 Å². The summed E-state index contributed by atoms with van der Waals surface area (Å²) in [5.74, 6) is -0.297. The van der Waals surface area contributed by atoms with Crippen LogP contribution in [0.1, 0.15) is 22.3 Å². The summed E-state index contributed by atoms with van der Waals surface area (Å²) in [6.45, 7) is 0. The van der Waals surface area contributed by atoms with Crippen molar-refractivity contribution in [2.75, 3.05) is 0 Å². The molecule has 0 spiro atoms. The van der Waals surface area contributed by atoms with Gasteiger partial charge in [0.05, 0.1) is 0 Å². The van der Waals surface area contributed by atoms with E-state index in [0.717, 1.165) is 5.56 Å². The Morgan fingerprint density at radius 1 is 1.11 bits per heavy atom. The second kappa shape index (κ2) is 5.78. The van der Waals surface area contributed by atoms with Gasteiger partial charge in [-0.05, 0) is 24.1 Å². The number of hydrogen-bond donors (Lipinski definition) is 0. The zero-order valence-electron chi connectivity index (χ0n) is 9.70. The largest absolute Gasteiger partial charge is 0.294 e. The van der Waals surface area contributed by atoms with Crippen molar-refractivity contribution in [3.63, 3.8) is 0 Å². The van der Waals surface area contributed by atoms with Gasteiger partial charge in [-0.3, -0.25) is 4.79 Å². The smallest absolute Gasteiger partial charge is 0.163 e. The van der Waals surface area contributed by atoms with Crippen molar-refractivity contribution in [1.82, 2.24) is 0 Å². The molecule has 0 unspecified atom stereocenters. The predicted molar refractivity (Wildman–Crippen MR) is 70.5 cm³/mol. The quantitative estimate of drug-likeness (QED) is 0.751. The highest BCUT2D eigenvalue weighted by atomic mass is 35.5. The number of benzene rings is 2. The van der Waals surface area contributed by atoms with E-state index in [9.17, 15) is 9.18 Å². The molecule has 0 amide bonds. The van der Waals surface area contributed by atoms with Crippen molar-refractivity contribution in [2.24, 2.45) is 0 Å². The Morgan fingerprint density at radius 2 is 1.83 bits per heavy atom. The van der Waals surface area contributed by atoms with Gasteiger partial charge in [0.15, 0.2) is 5.78 Å². The van der Waals surface area contributed by atoms with Crippen LogP contribution < -0.4 is 0 Å². The van der Waals surface area contributed by atoms with Crippen molar-refractivity contribution in [3.8, 4) is 0 Å². The summed E-state index contributed by atoms with van der Waals surface area (Å²) in [5, 5.41) is 0.371. The molecule has 0 fully saturated rings. The Balaban J connectivity index is 2.02. The topological polar surface area (TPSA) is 17.1 Å². The van der Waals surface area contributed by atoms with Crippen molar-refractivity contribution < 1.29 is 9.18 Å². The first-order valence-electron chi connectivity index (χ1n) is 5.69. The van der Waals surface area contributed by atoms with Gasteiger partial charge in [-0.25, -0.2) is 4.39 Å². The maximum Gasteiger partial charge on any atom is 0.163 e. The van der Waals surface area contributed by atoms with Gasteiger partial charge in [0.1, 0.15) is 5.82 Å². The van der Waals surface area contributed by atoms with Crippen LogP contribution >= 0.6 is 11.6 Å². The Bertz CT molecular complexity index is 552. The number of hydrogen-bond acceptors (Lipinski definition) is 1. The van der Waals surface area contributed by atoms with E-state index in [-0.39, 0.29) is 11.6 Å². The molecule has 0 saturated heterocycles. The summed E-state index contributed by atoms with van der Waals surface area (Å²) in [6, 6.07) is 13.3. The maximum atomic E-state index is 12.9. The Morgan fingerprint density at radius 3 is 2.50 bits per heavy atom. The fourth-order valence-electron chi connectivity index (χ4n) is 1.74. The predicted octanol–water partition coefficient (Wildman–Crippen LogP) is 4.29. The van der Waals surface area contributed by atoms with Gasteiger partial charge in [0.2, 0.25) is 0 Å². The van der Waals surface area contributed by atoms with E-state index in [1.807, 2.05) is 18.2 Å². The van der Waals surface area contributed by atoms with Crippen molar-refractivity contribution in [3.05, 3.63) is 70.5 Å². The van der Waals surface area contributed by atoms with Crippen LogP contribution in [0.4, 0.5) is 4.39 Å². The minimum absolute atomic E-state index is 0.0657. The fraction of sp³-hybridized carbons (Fsp3) is 0.133. The number of carbonyl (C=O) groups excluding carboxylic acids is 1. The number of aryl methyl sites for hydroxylation is 1. The maximum absolute atomic E-state index is 12.9. The molecule has 0 aliphatic heterocycles. The molecule has 3 heteroatoms. The van der Waals surface area contributed by atoms with Gasteiger partial charge in [-0.1, -0.05) is 48.0 Å². The second-order valence-corrected chi connectivity index (χ2v) is 4.43. The lowest BCUT2D eigenvalue weighted by atomic mass is 10.0. The van der Waals surface area contributed by atoms with Gasteiger partial charge in [-0.2, -0.15) is 0 Å². The lowest BCUT2D eigenvalue weighted by molar-refractivity contribution is 0.0983. The van der Waals surface area contributed by atoms with E-state index in [1.54, 1.807) is 18.2 Å². The molecule has 0 saturated carbocycles. The van der Waals surface area contributed by atoms with Crippen molar-refractivity contribution in [2.45, 2.75) is 12.8 Å². The summed E-state index contributed by atoms with van der Waals surface area (Å²) in [6.07, 6.45) is 0.891. The first-order chi connectivity index (χ1) is 8.66. The normalized spacial score (nSPS) is 10.3. The van der Waals surface area contributed by atoms with Gasteiger partial charge < -0.3 is 0 Å². The lowest BCUT2D eigenvalue weighted by Crippen LogP contribution is -2.01. The molecular weight excluding hydrogens is 251 g/mol. The third kappa shape index (κ3) is 3.17. The van der Waals surface area contributed by atoms with E-state index in [0.29, 0.717) is 23.4 Å². The van der Waals surface area contributed by atoms with Crippen molar-refractivity contribution in [1.29, 1.82) is 0 Å². The molecular formula is C15H12ClFO. The zero-order chi connectivity index (χ0) is 13.0. The van der Waals surface area contributed by atoms with Crippen LogP contribution in [-0.2, 0) is 6.42 Å². The van der Waals surface area contributed by atoms with Gasteiger partial charge in [0, 0.05) is 17.0 Å². The van der Waals surface area contributed by atoms with E-state index < -0.39 is 0 Å². The van der Waals surface area contributed by atoms with E-state index >= 15 is 0 Å². The van der Waals surface area contributed by atoms with Crippen LogP contribution in [0.5, 0.6) is 0 Å². The van der Waals surface area contributed by atoms with Gasteiger partial charge in [0.25, 0.3) is 0 Å². The molecule has 18 heavy (non-hydrogen) atoms. The highest BCUT2D eigenvalue weighted by Gasteiger charge is 2.07. The molecule has 0 aliphatic rings. The molecule has 1 nitrogen and oxygen atoms in total. The molecule has 0 bridgehead atoms. The average molecular weight is 263 g/mol. The van der Waals surface area contributed by atoms with Gasteiger partial charge >= 0.3 is 0 Å². The van der Waals surface area contributed by atoms with Crippen LogP contribution in [0.3, 0.4) is 0 Å². The molecule has 2 rings (SSSR count). The summed E-state index contributed by atoms with van der Waals surface area (Å²) < 4.78 is 12.9. The highest BCUT2D eigenvalue weighted by Crippen LogP contribution is 2.19. The first kappa shape index (κ1) is 12.8. The Labute approximate surface area is 110 Å². The third-order valence-electron chi connectivity index (χ3n) is 2.73. The van der Waals surface area contributed by atoms with Crippen LogP contribution in [0, 0.1) is 5.82 Å². The second-order valence-electron chi connectivity index (χ2n) is 4.02. The molecule has 92 valence electrons. The summed E-state index contributed by atoms with van der Waals surface area (Å²) in [4.78, 5) is 11.9. The fourth-order valence-corrected chi connectivity index (χ4v) is 2.00. The summed E-state index contributed by atoms with van der Waals surface area (Å²) in [5.41, 5.74) is 1.48.